The number of hydrogen-bond acceptors (Lipinski definition) is 6. The number of carbonyl (C=O) groups excluding carboxylic acids is 5. The van der Waals surface area contributed by atoms with E-state index in [4.69, 9.17) is 0 Å². The molecule has 0 spiro atoms. The molecule has 13 heteroatoms. The predicted octanol–water partition coefficient (Wildman–Crippen LogP) is 0.00700. The minimum absolute atomic E-state index is 0.0328. The van der Waals surface area contributed by atoms with Gasteiger partial charge in [-0.25, -0.2) is 0 Å². The van der Waals surface area contributed by atoms with Gasteiger partial charge in [0.15, 0.2) is 5.78 Å². The van der Waals surface area contributed by atoms with Crippen LogP contribution in [0.2, 0.25) is 0 Å². The highest BCUT2D eigenvalue weighted by Crippen LogP contribution is 2.48. The predicted molar refractivity (Wildman–Crippen MR) is 110 cm³/mol. The molecule has 4 amide bonds. The zero-order valence-corrected chi connectivity index (χ0v) is 19.2. The van der Waals surface area contributed by atoms with E-state index in [-0.39, 0.29) is 30.7 Å². The van der Waals surface area contributed by atoms with Crippen molar-refractivity contribution in [1.82, 2.24) is 20.9 Å². The molecule has 0 radical (unpaired) electrons. The van der Waals surface area contributed by atoms with Gasteiger partial charge in [0.2, 0.25) is 11.8 Å². The Labute approximate surface area is 194 Å². The number of hydrogen-bond donors (Lipinski definition) is 3. The standard InChI is InChI=1S/C21H29F3N4O6/c1-20(2,3)27-18(32)19(33)28-13-7-11(13)8-14(28)17(31)26-12(6-10-4-5-25-16(10)30)15(29)9-34-21(22,23)24/h10-14H,4-9H2,1-3H3,(H,25,30)(H,26,31)(H,27,32)/t10-,11+,12-,13+,14-/m0/s1. The summed E-state index contributed by atoms with van der Waals surface area (Å²) in [5.74, 6) is -4.53. The van der Waals surface area contributed by atoms with Crippen LogP contribution in [0.15, 0.2) is 0 Å². The van der Waals surface area contributed by atoms with Crippen molar-refractivity contribution < 1.29 is 41.9 Å². The van der Waals surface area contributed by atoms with E-state index in [0.717, 1.165) is 0 Å². The maximum Gasteiger partial charge on any atom is 0.522 e. The first kappa shape index (κ1) is 25.9. The van der Waals surface area contributed by atoms with Gasteiger partial charge in [-0.1, -0.05) is 0 Å². The number of nitrogens with zero attached hydrogens (tertiary/aromatic N) is 1. The average Bonchev–Trinajstić information content (AvgIpc) is 3.18. The molecule has 2 heterocycles. The number of ketones is 1. The maximum atomic E-state index is 13.1. The van der Waals surface area contributed by atoms with Gasteiger partial charge in [0.25, 0.3) is 0 Å². The van der Waals surface area contributed by atoms with E-state index < -0.39 is 60.0 Å². The number of piperidine rings is 1. The van der Waals surface area contributed by atoms with Crippen LogP contribution in [-0.2, 0) is 28.7 Å². The summed E-state index contributed by atoms with van der Waals surface area (Å²) in [6.07, 6.45) is -3.96. The van der Waals surface area contributed by atoms with Crippen molar-refractivity contribution in [2.75, 3.05) is 13.2 Å². The molecule has 3 aliphatic rings. The summed E-state index contributed by atoms with van der Waals surface area (Å²) in [4.78, 5) is 63.8. The number of alkyl halides is 3. The number of carbonyl (C=O) groups is 5. The number of fused-ring (bicyclic) bond motifs is 1. The van der Waals surface area contributed by atoms with E-state index in [9.17, 15) is 37.1 Å². The highest BCUT2D eigenvalue weighted by Gasteiger charge is 2.57. The Morgan fingerprint density at radius 3 is 2.41 bits per heavy atom. The lowest BCUT2D eigenvalue weighted by molar-refractivity contribution is -0.321. The Balaban J connectivity index is 1.71. The molecule has 0 aromatic carbocycles. The van der Waals surface area contributed by atoms with Gasteiger partial charge in [0, 0.05) is 24.0 Å². The zero-order valence-electron chi connectivity index (χ0n) is 19.2. The summed E-state index contributed by atoms with van der Waals surface area (Å²) < 4.78 is 40.9. The Kier molecular flexibility index (Phi) is 7.25. The second-order valence-corrected chi connectivity index (χ2v) is 10.0. The van der Waals surface area contributed by atoms with Gasteiger partial charge < -0.3 is 20.9 Å². The largest absolute Gasteiger partial charge is 0.522 e. The highest BCUT2D eigenvalue weighted by atomic mass is 19.4. The second kappa shape index (κ2) is 9.51. The highest BCUT2D eigenvalue weighted by molar-refractivity contribution is 6.35. The first-order chi connectivity index (χ1) is 15.7. The fourth-order valence-electron chi connectivity index (χ4n) is 4.44. The molecule has 2 saturated heterocycles. The molecule has 1 saturated carbocycles. The third kappa shape index (κ3) is 6.45. The minimum Gasteiger partial charge on any atom is -0.356 e. The van der Waals surface area contributed by atoms with Crippen LogP contribution in [0, 0.1) is 11.8 Å². The van der Waals surface area contributed by atoms with Crippen LogP contribution in [0.4, 0.5) is 13.2 Å². The maximum absolute atomic E-state index is 13.1. The third-order valence-corrected chi connectivity index (χ3v) is 6.09. The quantitative estimate of drug-likeness (QED) is 0.431. The number of halogens is 3. The molecule has 3 fully saturated rings. The zero-order chi connectivity index (χ0) is 25.4. The number of Topliss-reactive ketones (excluding diaryl/α,β-unsaturated/α-hetero) is 1. The Hall–Kier alpha value is -2.70. The Bertz CT molecular complexity index is 872. The van der Waals surface area contributed by atoms with Gasteiger partial charge in [-0.3, -0.25) is 28.7 Å². The van der Waals surface area contributed by atoms with Crippen LogP contribution in [0.3, 0.4) is 0 Å². The lowest BCUT2D eigenvalue weighted by Crippen LogP contribution is -2.56. The van der Waals surface area contributed by atoms with Gasteiger partial charge in [-0.15, -0.1) is 13.2 Å². The number of likely N-dealkylation sites (tertiary alicyclic amines) is 1. The molecule has 0 bridgehead atoms. The molecule has 3 rings (SSSR count). The summed E-state index contributed by atoms with van der Waals surface area (Å²) in [5, 5.41) is 7.54. The molecule has 5 atom stereocenters. The van der Waals surface area contributed by atoms with Crippen LogP contribution < -0.4 is 16.0 Å². The van der Waals surface area contributed by atoms with E-state index in [0.29, 0.717) is 19.4 Å². The van der Waals surface area contributed by atoms with Crippen molar-refractivity contribution in [3.8, 4) is 0 Å². The van der Waals surface area contributed by atoms with Crippen molar-refractivity contribution in [2.45, 2.75) is 76.5 Å². The molecule has 0 aromatic heterocycles. The molecule has 190 valence electrons. The van der Waals surface area contributed by atoms with Crippen molar-refractivity contribution in [3.05, 3.63) is 0 Å². The van der Waals surface area contributed by atoms with Crippen LogP contribution >= 0.6 is 0 Å². The lowest BCUT2D eigenvalue weighted by Gasteiger charge is -2.29. The molecule has 10 nitrogen and oxygen atoms in total. The smallest absolute Gasteiger partial charge is 0.356 e. The molecule has 34 heavy (non-hydrogen) atoms. The van der Waals surface area contributed by atoms with Crippen LogP contribution in [0.1, 0.15) is 46.5 Å². The Morgan fingerprint density at radius 2 is 1.85 bits per heavy atom. The fraction of sp³-hybridized carbons (Fsp3) is 0.762. The summed E-state index contributed by atoms with van der Waals surface area (Å²) >= 11 is 0. The Morgan fingerprint density at radius 1 is 1.18 bits per heavy atom. The fourth-order valence-corrected chi connectivity index (χ4v) is 4.44. The molecule has 0 aromatic rings. The van der Waals surface area contributed by atoms with Crippen LogP contribution in [0.25, 0.3) is 0 Å². The molecule has 0 unspecified atom stereocenters. The van der Waals surface area contributed by atoms with E-state index in [1.165, 1.54) is 4.90 Å². The third-order valence-electron chi connectivity index (χ3n) is 6.09. The van der Waals surface area contributed by atoms with Gasteiger partial charge in [0.05, 0.1) is 6.04 Å². The van der Waals surface area contributed by atoms with Crippen LogP contribution in [0.5, 0.6) is 0 Å². The molecule has 3 N–H and O–H groups in total. The van der Waals surface area contributed by atoms with Gasteiger partial charge in [-0.05, 0) is 52.4 Å². The lowest BCUT2D eigenvalue weighted by atomic mass is 9.95. The van der Waals surface area contributed by atoms with E-state index in [1.807, 2.05) is 0 Å². The first-order valence-corrected chi connectivity index (χ1v) is 11.1. The second-order valence-electron chi connectivity index (χ2n) is 10.0. The first-order valence-electron chi connectivity index (χ1n) is 11.1. The average molecular weight is 490 g/mol. The van der Waals surface area contributed by atoms with Crippen molar-refractivity contribution in [3.63, 3.8) is 0 Å². The van der Waals surface area contributed by atoms with Gasteiger partial charge in [-0.2, -0.15) is 0 Å². The number of nitrogens with one attached hydrogen (secondary N) is 3. The van der Waals surface area contributed by atoms with Crippen molar-refractivity contribution >= 4 is 29.4 Å². The summed E-state index contributed by atoms with van der Waals surface area (Å²) in [7, 11) is 0. The number of amides is 4. The summed E-state index contributed by atoms with van der Waals surface area (Å²) in [6.45, 7) is 4.13. The summed E-state index contributed by atoms with van der Waals surface area (Å²) in [5.41, 5.74) is -0.676. The molecule has 1 aliphatic carbocycles. The van der Waals surface area contributed by atoms with Crippen molar-refractivity contribution in [2.24, 2.45) is 11.8 Å². The van der Waals surface area contributed by atoms with E-state index in [1.54, 1.807) is 20.8 Å². The SMILES string of the molecule is CC(C)(C)NC(=O)C(=O)N1[C@@H]2C[C@@H]2C[C@H]1C(=O)N[C@@H](C[C@@H]1CCNC1=O)C(=O)COC(F)(F)F. The number of rotatable bonds is 7. The van der Waals surface area contributed by atoms with Crippen molar-refractivity contribution in [1.29, 1.82) is 0 Å². The van der Waals surface area contributed by atoms with Gasteiger partial charge >= 0.3 is 18.2 Å². The molecular weight excluding hydrogens is 461 g/mol. The van der Waals surface area contributed by atoms with Gasteiger partial charge in [0.1, 0.15) is 12.6 Å². The van der Waals surface area contributed by atoms with E-state index in [2.05, 4.69) is 20.7 Å². The summed E-state index contributed by atoms with van der Waals surface area (Å²) in [6, 6.07) is -2.74. The normalized spacial score (nSPS) is 27.0. The molecular formula is C21H29F3N4O6. The van der Waals surface area contributed by atoms with E-state index >= 15 is 0 Å². The topological polar surface area (TPSA) is 134 Å². The van der Waals surface area contributed by atoms with Crippen LogP contribution in [-0.4, -0.2) is 77.5 Å². The minimum atomic E-state index is -5.04. The monoisotopic (exact) mass is 490 g/mol. The molecule has 2 aliphatic heterocycles. The number of ether oxygens (including phenoxy) is 1.